The molecule has 0 aromatic heterocycles. The number of carbonyl (C=O) groups excluding carboxylic acids is 2. The molecule has 1 heterocycles. The Morgan fingerprint density at radius 3 is 2.68 bits per heavy atom. The summed E-state index contributed by atoms with van der Waals surface area (Å²) in [6.45, 7) is 1.35. The number of benzene rings is 1. The number of carbonyl (C=O) groups is 2. The standard InChI is InChI=1S/C16H22N2O6S/c1-16(6-9-25(22,23)11-16)18-14(20)10-24-15(21)12-4-2-3-5-13(12)17-7-8-19/h2-5,17,19H,6-11H2,1H3,(H,18,20)/t16-/m1/s1. The number of aliphatic hydroxyl groups is 1. The van der Waals surface area contributed by atoms with E-state index in [1.807, 2.05) is 0 Å². The van der Waals surface area contributed by atoms with Crippen molar-refractivity contribution < 1.29 is 27.9 Å². The summed E-state index contributed by atoms with van der Waals surface area (Å²) in [7, 11) is -3.14. The number of rotatable bonds is 7. The SMILES string of the molecule is C[C@@]1(NC(=O)COC(=O)c2ccccc2NCCO)CCS(=O)(=O)C1. The zero-order valence-electron chi connectivity index (χ0n) is 13.9. The van der Waals surface area contributed by atoms with Gasteiger partial charge in [-0.3, -0.25) is 4.79 Å². The van der Waals surface area contributed by atoms with E-state index < -0.39 is 33.9 Å². The summed E-state index contributed by atoms with van der Waals surface area (Å²) < 4.78 is 28.1. The first-order valence-corrected chi connectivity index (χ1v) is 9.69. The van der Waals surface area contributed by atoms with E-state index in [0.29, 0.717) is 12.1 Å². The molecule has 1 amide bonds. The summed E-state index contributed by atoms with van der Waals surface area (Å²) in [5.41, 5.74) is -0.0858. The average molecular weight is 370 g/mol. The van der Waals surface area contributed by atoms with Crippen LogP contribution in [0.4, 0.5) is 5.69 Å². The molecule has 3 N–H and O–H groups in total. The van der Waals surface area contributed by atoms with Crippen molar-refractivity contribution in [3.8, 4) is 0 Å². The van der Waals surface area contributed by atoms with Gasteiger partial charge in [0.25, 0.3) is 5.91 Å². The highest BCUT2D eigenvalue weighted by Gasteiger charge is 2.39. The molecule has 1 aromatic carbocycles. The number of anilines is 1. The molecule has 1 fully saturated rings. The lowest BCUT2D eigenvalue weighted by molar-refractivity contribution is -0.125. The molecule has 1 saturated heterocycles. The van der Waals surface area contributed by atoms with E-state index in [1.54, 1.807) is 31.2 Å². The Morgan fingerprint density at radius 2 is 2.04 bits per heavy atom. The monoisotopic (exact) mass is 370 g/mol. The van der Waals surface area contributed by atoms with Crippen molar-refractivity contribution in [1.82, 2.24) is 5.32 Å². The summed E-state index contributed by atoms with van der Waals surface area (Å²) in [5.74, 6) is -1.31. The highest BCUT2D eigenvalue weighted by atomic mass is 32.2. The summed E-state index contributed by atoms with van der Waals surface area (Å²) in [5, 5.41) is 14.4. The molecule has 25 heavy (non-hydrogen) atoms. The second-order valence-corrected chi connectivity index (χ2v) is 8.41. The Hall–Kier alpha value is -2.13. The molecule has 8 nitrogen and oxygen atoms in total. The summed E-state index contributed by atoms with van der Waals surface area (Å²) in [6.07, 6.45) is 0.336. The minimum atomic E-state index is -3.14. The second kappa shape index (κ2) is 7.83. The fourth-order valence-corrected chi connectivity index (χ4v) is 4.79. The molecular weight excluding hydrogens is 348 g/mol. The summed E-state index contributed by atoms with van der Waals surface area (Å²) >= 11 is 0. The number of esters is 1. The maximum Gasteiger partial charge on any atom is 0.340 e. The number of sulfone groups is 1. The van der Waals surface area contributed by atoms with Crippen molar-refractivity contribution in [1.29, 1.82) is 0 Å². The summed E-state index contributed by atoms with van der Waals surface area (Å²) in [4.78, 5) is 24.1. The van der Waals surface area contributed by atoms with E-state index in [2.05, 4.69) is 10.6 Å². The predicted octanol–water partition coefficient (Wildman–Crippen LogP) is -0.0590. The van der Waals surface area contributed by atoms with E-state index in [9.17, 15) is 18.0 Å². The van der Waals surface area contributed by atoms with Gasteiger partial charge in [0.1, 0.15) is 0 Å². The van der Waals surface area contributed by atoms with Crippen LogP contribution in [0.2, 0.25) is 0 Å². The first-order chi connectivity index (χ1) is 11.7. The highest BCUT2D eigenvalue weighted by molar-refractivity contribution is 7.91. The van der Waals surface area contributed by atoms with Gasteiger partial charge < -0.3 is 20.5 Å². The van der Waals surface area contributed by atoms with Gasteiger partial charge >= 0.3 is 5.97 Å². The molecule has 0 bridgehead atoms. The third-order valence-electron chi connectivity index (χ3n) is 3.85. The molecule has 0 saturated carbocycles. The van der Waals surface area contributed by atoms with Gasteiger partial charge in [-0.15, -0.1) is 0 Å². The van der Waals surface area contributed by atoms with Gasteiger partial charge in [0.05, 0.1) is 29.2 Å². The highest BCUT2D eigenvalue weighted by Crippen LogP contribution is 2.22. The maximum absolute atomic E-state index is 12.2. The van der Waals surface area contributed by atoms with Crippen molar-refractivity contribution in [3.63, 3.8) is 0 Å². The molecule has 1 aliphatic heterocycles. The molecule has 9 heteroatoms. The van der Waals surface area contributed by atoms with E-state index in [4.69, 9.17) is 9.84 Å². The number of hydrogen-bond acceptors (Lipinski definition) is 7. The lowest BCUT2D eigenvalue weighted by Crippen LogP contribution is -2.48. The van der Waals surface area contributed by atoms with E-state index in [0.717, 1.165) is 0 Å². The van der Waals surface area contributed by atoms with Gasteiger partial charge in [-0.2, -0.15) is 0 Å². The molecule has 0 aliphatic carbocycles. The predicted molar refractivity (Wildman–Crippen MR) is 92.1 cm³/mol. The van der Waals surface area contributed by atoms with Crippen molar-refractivity contribution >= 4 is 27.4 Å². The molecular formula is C16H22N2O6S. The van der Waals surface area contributed by atoms with E-state index in [-0.39, 0.29) is 30.2 Å². The quantitative estimate of drug-likeness (QED) is 0.575. The topological polar surface area (TPSA) is 122 Å². The van der Waals surface area contributed by atoms with Crippen molar-refractivity contribution in [2.75, 3.05) is 36.6 Å². The fraction of sp³-hybridized carbons (Fsp3) is 0.500. The van der Waals surface area contributed by atoms with Crippen LogP contribution in [0.1, 0.15) is 23.7 Å². The average Bonchev–Trinajstić information content (AvgIpc) is 2.83. The minimum Gasteiger partial charge on any atom is -0.452 e. The Kier molecular flexibility index (Phi) is 6.02. The Balaban J connectivity index is 1.91. The fourth-order valence-electron chi connectivity index (χ4n) is 2.70. The van der Waals surface area contributed by atoms with Crippen molar-refractivity contribution in [2.45, 2.75) is 18.9 Å². The van der Waals surface area contributed by atoms with Gasteiger partial charge in [-0.05, 0) is 25.5 Å². The molecule has 0 spiro atoms. The van der Waals surface area contributed by atoms with E-state index >= 15 is 0 Å². The van der Waals surface area contributed by atoms with Crippen LogP contribution in [0.25, 0.3) is 0 Å². The van der Waals surface area contributed by atoms with Gasteiger partial charge in [0, 0.05) is 12.2 Å². The first kappa shape index (κ1) is 19.2. The van der Waals surface area contributed by atoms with Crippen LogP contribution in [0.5, 0.6) is 0 Å². The first-order valence-electron chi connectivity index (χ1n) is 7.87. The number of nitrogens with one attached hydrogen (secondary N) is 2. The van der Waals surface area contributed by atoms with Gasteiger partial charge in [0.15, 0.2) is 16.4 Å². The number of amides is 1. The van der Waals surface area contributed by atoms with Gasteiger partial charge in [-0.25, -0.2) is 13.2 Å². The Morgan fingerprint density at radius 1 is 1.32 bits per heavy atom. The lowest BCUT2D eigenvalue weighted by Gasteiger charge is -2.23. The molecule has 0 radical (unpaired) electrons. The minimum absolute atomic E-state index is 0.0352. The van der Waals surface area contributed by atoms with Crippen LogP contribution in [0.15, 0.2) is 24.3 Å². The lowest BCUT2D eigenvalue weighted by atomic mass is 10.0. The van der Waals surface area contributed by atoms with Crippen LogP contribution in [0.3, 0.4) is 0 Å². The van der Waals surface area contributed by atoms with Crippen LogP contribution in [-0.4, -0.2) is 62.2 Å². The number of ether oxygens (including phenoxy) is 1. The van der Waals surface area contributed by atoms with Gasteiger partial charge in [0.2, 0.25) is 0 Å². The maximum atomic E-state index is 12.2. The normalized spacial score (nSPS) is 21.5. The molecule has 2 rings (SSSR count). The smallest absolute Gasteiger partial charge is 0.340 e. The Bertz CT molecular complexity index is 749. The van der Waals surface area contributed by atoms with Crippen LogP contribution in [-0.2, 0) is 19.4 Å². The second-order valence-electron chi connectivity index (χ2n) is 6.22. The van der Waals surface area contributed by atoms with Crippen molar-refractivity contribution in [2.24, 2.45) is 0 Å². The zero-order chi connectivity index (χ0) is 18.5. The largest absolute Gasteiger partial charge is 0.452 e. The third-order valence-corrected chi connectivity index (χ3v) is 5.76. The molecule has 1 atom stereocenters. The van der Waals surface area contributed by atoms with Crippen LogP contribution in [0, 0.1) is 0 Å². The molecule has 1 aliphatic rings. The number of hydrogen-bond donors (Lipinski definition) is 3. The molecule has 138 valence electrons. The summed E-state index contributed by atoms with van der Waals surface area (Å²) in [6, 6.07) is 6.59. The number of aliphatic hydroxyl groups excluding tert-OH is 1. The van der Waals surface area contributed by atoms with Crippen molar-refractivity contribution in [3.05, 3.63) is 29.8 Å². The molecule has 1 aromatic rings. The third kappa shape index (κ3) is 5.43. The zero-order valence-corrected chi connectivity index (χ0v) is 14.8. The molecule has 0 unspecified atom stereocenters. The number of para-hydroxylation sites is 1. The van der Waals surface area contributed by atoms with E-state index in [1.165, 1.54) is 0 Å². The Labute approximate surface area is 146 Å². The van der Waals surface area contributed by atoms with Crippen LogP contribution >= 0.6 is 0 Å². The van der Waals surface area contributed by atoms with Gasteiger partial charge in [-0.1, -0.05) is 12.1 Å². The van der Waals surface area contributed by atoms with Crippen LogP contribution < -0.4 is 10.6 Å².